The number of aliphatic imine (C=N–C) groups is 1. The molecule has 6 heteroatoms. The molecule has 2 fully saturated rings. The summed E-state index contributed by atoms with van der Waals surface area (Å²) in [7, 11) is 0. The quantitative estimate of drug-likeness (QED) is 0.429. The molecule has 3 rings (SSSR count). The fourth-order valence-electron chi connectivity index (χ4n) is 3.42. The van der Waals surface area contributed by atoms with E-state index in [-0.39, 0.29) is 24.0 Å². The van der Waals surface area contributed by atoms with Gasteiger partial charge in [-0.2, -0.15) is 0 Å². The summed E-state index contributed by atoms with van der Waals surface area (Å²) in [5.41, 5.74) is 8.79. The van der Waals surface area contributed by atoms with Crippen molar-refractivity contribution in [2.24, 2.45) is 10.7 Å². The van der Waals surface area contributed by atoms with Crippen LogP contribution in [0.25, 0.3) is 0 Å². The zero-order valence-corrected chi connectivity index (χ0v) is 17.4. The Kier molecular flexibility index (Phi) is 8.98. The maximum atomic E-state index is 6.21. The Morgan fingerprint density at radius 2 is 1.68 bits per heavy atom. The Morgan fingerprint density at radius 3 is 2.40 bits per heavy atom. The van der Waals surface area contributed by atoms with Crippen LogP contribution in [0.2, 0.25) is 0 Å². The molecule has 2 aliphatic rings. The third-order valence-electron chi connectivity index (χ3n) is 4.85. The van der Waals surface area contributed by atoms with Crippen molar-refractivity contribution in [3.8, 4) is 0 Å². The standard InChI is InChI=1S/C19H30N4O.HI/c20-19(23-8-3-1-2-4-9-23)21-15-17-6-5-7-18(14-17)16-22-10-12-24-13-11-22;/h5-7,14H,1-4,8-13,15-16H2,(H2,20,21);1H. The van der Waals surface area contributed by atoms with Gasteiger partial charge < -0.3 is 15.4 Å². The number of guanidine groups is 1. The van der Waals surface area contributed by atoms with E-state index in [0.717, 1.165) is 45.9 Å². The predicted octanol–water partition coefficient (Wildman–Crippen LogP) is 2.83. The van der Waals surface area contributed by atoms with E-state index < -0.39 is 0 Å². The molecule has 1 aromatic carbocycles. The van der Waals surface area contributed by atoms with Crippen molar-refractivity contribution in [2.75, 3.05) is 39.4 Å². The van der Waals surface area contributed by atoms with Gasteiger partial charge in [0.15, 0.2) is 5.96 Å². The molecule has 2 aliphatic heterocycles. The number of morpholine rings is 1. The highest BCUT2D eigenvalue weighted by molar-refractivity contribution is 14.0. The van der Waals surface area contributed by atoms with Gasteiger partial charge in [-0.05, 0) is 24.0 Å². The third-order valence-corrected chi connectivity index (χ3v) is 4.85. The highest BCUT2D eigenvalue weighted by atomic mass is 127. The zero-order chi connectivity index (χ0) is 16.6. The van der Waals surface area contributed by atoms with Crippen LogP contribution in [0.15, 0.2) is 29.3 Å². The average molecular weight is 458 g/mol. The van der Waals surface area contributed by atoms with Gasteiger partial charge in [0, 0.05) is 32.7 Å². The summed E-state index contributed by atoms with van der Waals surface area (Å²) in [5.74, 6) is 0.704. The maximum absolute atomic E-state index is 6.21. The van der Waals surface area contributed by atoms with Crippen molar-refractivity contribution in [1.82, 2.24) is 9.80 Å². The van der Waals surface area contributed by atoms with Gasteiger partial charge in [-0.3, -0.25) is 4.90 Å². The molecule has 0 unspecified atom stereocenters. The fourth-order valence-corrected chi connectivity index (χ4v) is 3.42. The van der Waals surface area contributed by atoms with Gasteiger partial charge >= 0.3 is 0 Å². The molecular formula is C19H31IN4O. The summed E-state index contributed by atoms with van der Waals surface area (Å²) < 4.78 is 5.41. The Bertz CT molecular complexity index is 538. The highest BCUT2D eigenvalue weighted by Gasteiger charge is 2.12. The van der Waals surface area contributed by atoms with Crippen LogP contribution in [0, 0.1) is 0 Å². The van der Waals surface area contributed by atoms with E-state index in [4.69, 9.17) is 10.5 Å². The Morgan fingerprint density at radius 1 is 1.00 bits per heavy atom. The van der Waals surface area contributed by atoms with E-state index in [1.807, 2.05) is 0 Å². The van der Waals surface area contributed by atoms with Crippen molar-refractivity contribution >= 4 is 29.9 Å². The van der Waals surface area contributed by atoms with Gasteiger partial charge in [0.2, 0.25) is 0 Å². The number of likely N-dealkylation sites (tertiary alicyclic amines) is 1. The molecule has 0 bridgehead atoms. The van der Waals surface area contributed by atoms with Crippen molar-refractivity contribution in [1.29, 1.82) is 0 Å². The highest BCUT2D eigenvalue weighted by Crippen LogP contribution is 2.12. The Balaban J connectivity index is 0.00000225. The van der Waals surface area contributed by atoms with Gasteiger partial charge in [0.25, 0.3) is 0 Å². The lowest BCUT2D eigenvalue weighted by atomic mass is 10.1. The lowest BCUT2D eigenvalue weighted by Crippen LogP contribution is -2.38. The van der Waals surface area contributed by atoms with E-state index in [0.29, 0.717) is 12.5 Å². The van der Waals surface area contributed by atoms with Crippen LogP contribution < -0.4 is 5.73 Å². The van der Waals surface area contributed by atoms with Crippen LogP contribution in [0.5, 0.6) is 0 Å². The second kappa shape index (κ2) is 11.0. The summed E-state index contributed by atoms with van der Waals surface area (Å²) >= 11 is 0. The Hall–Kier alpha value is -0.860. The number of ether oxygens (including phenoxy) is 1. The van der Waals surface area contributed by atoms with E-state index in [2.05, 4.69) is 39.1 Å². The molecule has 0 aromatic heterocycles. The van der Waals surface area contributed by atoms with E-state index in [1.54, 1.807) is 0 Å². The number of nitrogens with zero attached hydrogens (tertiary/aromatic N) is 3. The van der Waals surface area contributed by atoms with Crippen molar-refractivity contribution < 1.29 is 4.74 Å². The summed E-state index contributed by atoms with van der Waals surface area (Å²) in [6.45, 7) is 7.47. The summed E-state index contributed by atoms with van der Waals surface area (Å²) in [5, 5.41) is 0. The third kappa shape index (κ3) is 6.75. The SMILES string of the molecule is I.NC(=NCc1cccc(CN2CCOCC2)c1)N1CCCCCC1. The minimum absolute atomic E-state index is 0. The predicted molar refractivity (Wildman–Crippen MR) is 113 cm³/mol. The van der Waals surface area contributed by atoms with Crippen LogP contribution in [0.4, 0.5) is 0 Å². The first-order valence-electron chi connectivity index (χ1n) is 9.24. The molecule has 1 aromatic rings. The monoisotopic (exact) mass is 458 g/mol. The van der Waals surface area contributed by atoms with Gasteiger partial charge in [0.05, 0.1) is 19.8 Å². The van der Waals surface area contributed by atoms with Crippen LogP contribution in [-0.4, -0.2) is 55.2 Å². The largest absolute Gasteiger partial charge is 0.379 e. The molecule has 0 saturated carbocycles. The summed E-state index contributed by atoms with van der Waals surface area (Å²) in [6, 6.07) is 8.72. The zero-order valence-electron chi connectivity index (χ0n) is 15.0. The first-order chi connectivity index (χ1) is 11.8. The van der Waals surface area contributed by atoms with Crippen molar-refractivity contribution in [3.05, 3.63) is 35.4 Å². The topological polar surface area (TPSA) is 54.1 Å². The second-order valence-electron chi connectivity index (χ2n) is 6.78. The fraction of sp³-hybridized carbons (Fsp3) is 0.632. The second-order valence-corrected chi connectivity index (χ2v) is 6.78. The number of nitrogens with two attached hydrogens (primary N) is 1. The first-order valence-corrected chi connectivity index (χ1v) is 9.24. The van der Waals surface area contributed by atoms with Gasteiger partial charge in [0.1, 0.15) is 0 Å². The van der Waals surface area contributed by atoms with Crippen molar-refractivity contribution in [3.63, 3.8) is 0 Å². The van der Waals surface area contributed by atoms with E-state index in [1.165, 1.54) is 36.8 Å². The van der Waals surface area contributed by atoms with Gasteiger partial charge in [-0.1, -0.05) is 37.1 Å². The molecule has 2 N–H and O–H groups in total. The number of hydrogen-bond acceptors (Lipinski definition) is 3. The van der Waals surface area contributed by atoms with E-state index >= 15 is 0 Å². The number of benzene rings is 1. The van der Waals surface area contributed by atoms with Crippen LogP contribution in [-0.2, 0) is 17.8 Å². The minimum atomic E-state index is 0. The average Bonchev–Trinajstić information content (AvgIpc) is 2.90. The first kappa shape index (κ1) is 20.5. The lowest BCUT2D eigenvalue weighted by Gasteiger charge is -2.26. The molecule has 0 atom stereocenters. The molecule has 0 amide bonds. The minimum Gasteiger partial charge on any atom is -0.379 e. The lowest BCUT2D eigenvalue weighted by molar-refractivity contribution is 0.0342. The smallest absolute Gasteiger partial charge is 0.191 e. The number of halogens is 1. The maximum Gasteiger partial charge on any atom is 0.191 e. The molecule has 0 aliphatic carbocycles. The number of hydrogen-bond donors (Lipinski definition) is 1. The molecule has 140 valence electrons. The molecule has 25 heavy (non-hydrogen) atoms. The summed E-state index contributed by atoms with van der Waals surface area (Å²) in [4.78, 5) is 9.32. The Labute approximate surface area is 168 Å². The van der Waals surface area contributed by atoms with Crippen LogP contribution in [0.3, 0.4) is 0 Å². The molecule has 0 radical (unpaired) electrons. The molecule has 5 nitrogen and oxygen atoms in total. The summed E-state index contributed by atoms with van der Waals surface area (Å²) in [6.07, 6.45) is 5.08. The molecular weight excluding hydrogens is 427 g/mol. The van der Waals surface area contributed by atoms with Crippen LogP contribution >= 0.6 is 24.0 Å². The van der Waals surface area contributed by atoms with Crippen molar-refractivity contribution in [2.45, 2.75) is 38.8 Å². The molecule has 0 spiro atoms. The van der Waals surface area contributed by atoms with Gasteiger partial charge in [-0.25, -0.2) is 4.99 Å². The van der Waals surface area contributed by atoms with Gasteiger partial charge in [-0.15, -0.1) is 24.0 Å². The normalized spacial score (nSPS) is 20.0. The molecule has 2 heterocycles. The van der Waals surface area contributed by atoms with Crippen LogP contribution in [0.1, 0.15) is 36.8 Å². The molecule has 2 saturated heterocycles. The van der Waals surface area contributed by atoms with E-state index in [9.17, 15) is 0 Å². The number of rotatable bonds is 4.